The first kappa shape index (κ1) is 19.5. The van der Waals surface area contributed by atoms with E-state index in [4.69, 9.17) is 28.2 Å². The summed E-state index contributed by atoms with van der Waals surface area (Å²) >= 11 is 14.2. The molecule has 1 unspecified atom stereocenters. The van der Waals surface area contributed by atoms with Gasteiger partial charge in [-0.05, 0) is 41.8 Å². The molecule has 4 aromatic carbocycles. The third kappa shape index (κ3) is 2.75. The number of aromatic nitrogens is 1. The second-order valence-electron chi connectivity index (χ2n) is 8.31. The average molecular weight is 452 g/mol. The van der Waals surface area contributed by atoms with Crippen LogP contribution in [0.1, 0.15) is 22.3 Å². The van der Waals surface area contributed by atoms with E-state index in [2.05, 4.69) is 67.6 Å². The molecule has 1 aliphatic rings. The highest BCUT2D eigenvalue weighted by Gasteiger charge is 2.46. The summed E-state index contributed by atoms with van der Waals surface area (Å²) in [5.74, 6) is 0. The number of fused-ring (bicyclic) bond motifs is 5. The zero-order valence-electron chi connectivity index (χ0n) is 17.4. The second kappa shape index (κ2) is 7.20. The standard InChI is InChI=1S/C29H19Cl2N/c1-18-11-13-20(14-12-18)29(31)24-10-6-5-9-22(24)26-27(29)23-17-21(30)15-16-25(23)32-28(26)19-7-3-2-4-8-19/h2-17H,1H3. The summed E-state index contributed by atoms with van der Waals surface area (Å²) in [5.41, 5.74) is 9.47. The predicted molar refractivity (Wildman–Crippen MR) is 135 cm³/mol. The number of alkyl halides is 1. The molecule has 5 aromatic rings. The molecular weight excluding hydrogens is 433 g/mol. The first-order chi connectivity index (χ1) is 15.6. The van der Waals surface area contributed by atoms with Gasteiger partial charge in [-0.1, -0.05) is 96.0 Å². The zero-order chi connectivity index (χ0) is 21.9. The number of aryl methyl sites for hydroxylation is 1. The van der Waals surface area contributed by atoms with E-state index in [9.17, 15) is 0 Å². The molecule has 0 fully saturated rings. The van der Waals surface area contributed by atoms with Gasteiger partial charge >= 0.3 is 0 Å². The van der Waals surface area contributed by atoms with E-state index >= 15 is 0 Å². The molecule has 0 spiro atoms. The fourth-order valence-electron chi connectivity index (χ4n) is 4.88. The largest absolute Gasteiger partial charge is 0.247 e. The van der Waals surface area contributed by atoms with Crippen LogP contribution < -0.4 is 0 Å². The van der Waals surface area contributed by atoms with E-state index < -0.39 is 4.87 Å². The summed E-state index contributed by atoms with van der Waals surface area (Å²) in [4.78, 5) is 4.27. The van der Waals surface area contributed by atoms with Crippen molar-refractivity contribution in [3.8, 4) is 22.4 Å². The molecule has 0 aliphatic heterocycles. The van der Waals surface area contributed by atoms with E-state index in [1.807, 2.05) is 36.4 Å². The van der Waals surface area contributed by atoms with Gasteiger partial charge in [0, 0.05) is 27.1 Å². The lowest BCUT2D eigenvalue weighted by atomic mass is 9.85. The number of rotatable bonds is 2. The minimum Gasteiger partial charge on any atom is -0.247 e. The third-order valence-electron chi connectivity index (χ3n) is 6.36. The van der Waals surface area contributed by atoms with E-state index in [0.29, 0.717) is 5.02 Å². The Hall–Kier alpha value is -3.13. The highest BCUT2D eigenvalue weighted by atomic mass is 35.5. The quantitative estimate of drug-likeness (QED) is 0.245. The summed E-state index contributed by atoms with van der Waals surface area (Å²) in [6.45, 7) is 2.09. The number of halogens is 2. The molecule has 3 heteroatoms. The Bertz CT molecular complexity index is 1490. The van der Waals surface area contributed by atoms with Gasteiger partial charge in [0.15, 0.2) is 0 Å². The molecule has 32 heavy (non-hydrogen) atoms. The van der Waals surface area contributed by atoms with Crippen LogP contribution in [-0.2, 0) is 4.87 Å². The van der Waals surface area contributed by atoms with Crippen LogP contribution in [0.15, 0.2) is 97.1 Å². The molecule has 1 aliphatic carbocycles. The Labute approximate surface area is 197 Å². The van der Waals surface area contributed by atoms with E-state index in [-0.39, 0.29) is 0 Å². The molecule has 0 amide bonds. The lowest BCUT2D eigenvalue weighted by Gasteiger charge is -2.27. The van der Waals surface area contributed by atoms with Gasteiger partial charge in [0.05, 0.1) is 11.2 Å². The average Bonchev–Trinajstić information content (AvgIpc) is 3.10. The number of nitrogens with zero attached hydrogens (tertiary/aromatic N) is 1. The summed E-state index contributed by atoms with van der Waals surface area (Å²) in [7, 11) is 0. The van der Waals surface area contributed by atoms with Crippen LogP contribution in [0.5, 0.6) is 0 Å². The highest BCUT2D eigenvalue weighted by molar-refractivity contribution is 6.33. The van der Waals surface area contributed by atoms with Crippen LogP contribution in [0.3, 0.4) is 0 Å². The van der Waals surface area contributed by atoms with Gasteiger partial charge < -0.3 is 0 Å². The number of benzene rings is 4. The number of pyridine rings is 1. The minimum atomic E-state index is -0.838. The van der Waals surface area contributed by atoms with Crippen LogP contribution in [0.25, 0.3) is 33.3 Å². The first-order valence-corrected chi connectivity index (χ1v) is 11.4. The predicted octanol–water partition coefficient (Wildman–Crippen LogP) is 8.37. The van der Waals surface area contributed by atoms with E-state index in [0.717, 1.165) is 50.0 Å². The highest BCUT2D eigenvalue weighted by Crippen LogP contribution is 2.59. The van der Waals surface area contributed by atoms with Crippen molar-refractivity contribution >= 4 is 34.1 Å². The van der Waals surface area contributed by atoms with Crippen LogP contribution in [0.4, 0.5) is 0 Å². The molecule has 0 bridgehead atoms. The summed E-state index contributed by atoms with van der Waals surface area (Å²) in [5, 5.41) is 1.66. The molecule has 1 heterocycles. The van der Waals surface area contributed by atoms with Crippen molar-refractivity contribution < 1.29 is 0 Å². The van der Waals surface area contributed by atoms with E-state index in [1.165, 1.54) is 5.56 Å². The van der Waals surface area contributed by atoms with Crippen LogP contribution >= 0.6 is 23.2 Å². The first-order valence-electron chi connectivity index (χ1n) is 10.6. The zero-order valence-corrected chi connectivity index (χ0v) is 19.0. The molecular formula is C29H19Cl2N. The maximum absolute atomic E-state index is 7.73. The molecule has 0 saturated heterocycles. The van der Waals surface area contributed by atoms with Crippen LogP contribution in [0.2, 0.25) is 5.02 Å². The molecule has 0 saturated carbocycles. The Balaban J connectivity index is 1.82. The summed E-state index contributed by atoms with van der Waals surface area (Å²) in [6, 6.07) is 33.1. The van der Waals surface area contributed by atoms with Crippen LogP contribution in [-0.4, -0.2) is 4.98 Å². The van der Waals surface area contributed by atoms with Gasteiger partial charge in [0.1, 0.15) is 4.87 Å². The fraction of sp³-hybridized carbons (Fsp3) is 0.0690. The van der Waals surface area contributed by atoms with Crippen molar-refractivity contribution in [3.63, 3.8) is 0 Å². The van der Waals surface area contributed by atoms with Gasteiger partial charge in [-0.2, -0.15) is 0 Å². The van der Waals surface area contributed by atoms with Crippen molar-refractivity contribution in [1.29, 1.82) is 0 Å². The monoisotopic (exact) mass is 451 g/mol. The molecule has 0 radical (unpaired) electrons. The fourth-order valence-corrected chi connectivity index (χ4v) is 5.54. The van der Waals surface area contributed by atoms with Crippen molar-refractivity contribution in [2.24, 2.45) is 0 Å². The van der Waals surface area contributed by atoms with Gasteiger partial charge in [-0.3, -0.25) is 0 Å². The van der Waals surface area contributed by atoms with Crippen molar-refractivity contribution in [2.45, 2.75) is 11.8 Å². The molecule has 0 N–H and O–H groups in total. The molecule has 1 nitrogen and oxygen atoms in total. The van der Waals surface area contributed by atoms with Crippen molar-refractivity contribution in [1.82, 2.24) is 4.98 Å². The Morgan fingerprint density at radius 3 is 2.28 bits per heavy atom. The van der Waals surface area contributed by atoms with Crippen LogP contribution in [0, 0.1) is 6.92 Å². The van der Waals surface area contributed by atoms with Gasteiger partial charge in [-0.25, -0.2) is 4.98 Å². The van der Waals surface area contributed by atoms with Crippen molar-refractivity contribution in [2.75, 3.05) is 0 Å². The smallest absolute Gasteiger partial charge is 0.121 e. The third-order valence-corrected chi connectivity index (χ3v) is 7.20. The van der Waals surface area contributed by atoms with Gasteiger partial charge in [0.2, 0.25) is 0 Å². The Kier molecular flexibility index (Phi) is 4.40. The number of hydrogen-bond donors (Lipinski definition) is 0. The molecule has 154 valence electrons. The number of hydrogen-bond acceptors (Lipinski definition) is 1. The lowest BCUT2D eigenvalue weighted by Crippen LogP contribution is -2.20. The topological polar surface area (TPSA) is 12.9 Å². The maximum Gasteiger partial charge on any atom is 0.121 e. The summed E-state index contributed by atoms with van der Waals surface area (Å²) in [6.07, 6.45) is 0. The van der Waals surface area contributed by atoms with Crippen molar-refractivity contribution in [3.05, 3.63) is 124 Å². The lowest BCUT2D eigenvalue weighted by molar-refractivity contribution is 0.919. The molecule has 1 aromatic heterocycles. The second-order valence-corrected chi connectivity index (χ2v) is 9.31. The summed E-state index contributed by atoms with van der Waals surface area (Å²) < 4.78 is 0. The Morgan fingerprint density at radius 2 is 1.50 bits per heavy atom. The van der Waals surface area contributed by atoms with Gasteiger partial charge in [0.25, 0.3) is 0 Å². The SMILES string of the molecule is Cc1ccc(C2(Cl)c3ccccc3-c3c(-c4ccccc4)nc4ccc(Cl)cc4c32)cc1. The normalized spacial score (nSPS) is 16.7. The molecule has 6 rings (SSSR count). The van der Waals surface area contributed by atoms with Gasteiger partial charge in [-0.15, -0.1) is 11.6 Å². The Morgan fingerprint density at radius 1 is 0.781 bits per heavy atom. The van der Waals surface area contributed by atoms with E-state index in [1.54, 1.807) is 0 Å². The maximum atomic E-state index is 7.73. The molecule has 1 atom stereocenters. The minimum absolute atomic E-state index is 0.674.